The Balaban J connectivity index is 2.04. The first kappa shape index (κ1) is 13.4. The molecular weight excluding hydrogens is 242 g/mol. The number of phenolic OH excluding ortho intramolecular Hbond substituents is 1. The van der Waals surface area contributed by atoms with E-state index in [-0.39, 0.29) is 6.61 Å². The molecular formula is C14H19N3O2. The Labute approximate surface area is 112 Å². The maximum Gasteiger partial charge on any atom is 0.123 e. The normalized spacial score (nSPS) is 10.7. The Morgan fingerprint density at radius 2 is 2.11 bits per heavy atom. The summed E-state index contributed by atoms with van der Waals surface area (Å²) in [6.45, 7) is 4.99. The highest BCUT2D eigenvalue weighted by atomic mass is 16.3. The molecule has 0 fully saturated rings. The number of aryl methyl sites for hydroxylation is 1. The first-order chi connectivity index (χ1) is 9.11. The molecule has 0 radical (unpaired) electrons. The van der Waals surface area contributed by atoms with Crippen molar-refractivity contribution >= 4 is 5.69 Å². The predicted octanol–water partition coefficient (Wildman–Crippen LogP) is 1.81. The fourth-order valence-electron chi connectivity index (χ4n) is 1.95. The molecule has 1 aromatic heterocycles. The van der Waals surface area contributed by atoms with Gasteiger partial charge in [0.1, 0.15) is 5.75 Å². The Bertz CT molecular complexity index is 564. The van der Waals surface area contributed by atoms with E-state index in [4.69, 9.17) is 5.11 Å². The Morgan fingerprint density at radius 1 is 1.32 bits per heavy atom. The second-order valence-electron chi connectivity index (χ2n) is 4.59. The molecule has 0 amide bonds. The summed E-state index contributed by atoms with van der Waals surface area (Å²) >= 11 is 0. The molecule has 0 saturated carbocycles. The summed E-state index contributed by atoms with van der Waals surface area (Å²) in [5.74, 6) is 0.334. The fourth-order valence-corrected chi connectivity index (χ4v) is 1.95. The van der Waals surface area contributed by atoms with E-state index < -0.39 is 0 Å². The fraction of sp³-hybridized carbons (Fsp3) is 0.357. The van der Waals surface area contributed by atoms with E-state index in [2.05, 4.69) is 10.4 Å². The number of hydrogen-bond acceptors (Lipinski definition) is 4. The van der Waals surface area contributed by atoms with Gasteiger partial charge in [0.05, 0.1) is 19.3 Å². The predicted molar refractivity (Wildman–Crippen MR) is 74.2 cm³/mol. The molecule has 0 saturated heterocycles. The Kier molecular flexibility index (Phi) is 4.06. The van der Waals surface area contributed by atoms with Crippen molar-refractivity contribution in [2.75, 3.05) is 11.9 Å². The van der Waals surface area contributed by atoms with Crippen molar-refractivity contribution in [2.24, 2.45) is 0 Å². The number of anilines is 1. The summed E-state index contributed by atoms with van der Waals surface area (Å²) in [7, 11) is 0. The smallest absolute Gasteiger partial charge is 0.123 e. The van der Waals surface area contributed by atoms with Crippen LogP contribution >= 0.6 is 0 Å². The van der Waals surface area contributed by atoms with Crippen LogP contribution in [0.4, 0.5) is 5.69 Å². The average Bonchev–Trinajstić information content (AvgIpc) is 2.83. The number of rotatable bonds is 5. The van der Waals surface area contributed by atoms with Crippen LogP contribution in [0.15, 0.2) is 24.5 Å². The number of aliphatic hydroxyl groups is 1. The summed E-state index contributed by atoms with van der Waals surface area (Å²) in [5.41, 5.74) is 3.67. The molecule has 1 heterocycles. The quantitative estimate of drug-likeness (QED) is 0.767. The average molecular weight is 261 g/mol. The molecule has 2 rings (SSSR count). The van der Waals surface area contributed by atoms with Crippen LogP contribution in [0, 0.1) is 13.8 Å². The van der Waals surface area contributed by atoms with Gasteiger partial charge < -0.3 is 15.5 Å². The van der Waals surface area contributed by atoms with Gasteiger partial charge in [-0.3, -0.25) is 4.68 Å². The van der Waals surface area contributed by atoms with E-state index >= 15 is 0 Å². The standard InChI is InChI=1S/C14H19N3O2/c1-10-3-4-13(11(2)14(10)19)15-7-12-8-16-17(9-12)5-6-18/h3-4,8-9,15,18-19H,5-7H2,1-2H3. The molecule has 5 nitrogen and oxygen atoms in total. The lowest BCUT2D eigenvalue weighted by molar-refractivity contribution is 0.269. The Hall–Kier alpha value is -2.01. The van der Waals surface area contributed by atoms with Crippen molar-refractivity contribution in [3.63, 3.8) is 0 Å². The van der Waals surface area contributed by atoms with E-state index in [1.165, 1.54) is 0 Å². The number of aromatic hydroxyl groups is 1. The molecule has 0 aliphatic rings. The van der Waals surface area contributed by atoms with Gasteiger partial charge in [-0.2, -0.15) is 5.10 Å². The summed E-state index contributed by atoms with van der Waals surface area (Å²) in [6.07, 6.45) is 3.67. The molecule has 102 valence electrons. The van der Waals surface area contributed by atoms with Crippen molar-refractivity contribution in [1.29, 1.82) is 0 Å². The molecule has 0 aliphatic heterocycles. The van der Waals surface area contributed by atoms with Crippen molar-refractivity contribution in [2.45, 2.75) is 26.9 Å². The lowest BCUT2D eigenvalue weighted by Crippen LogP contribution is -2.03. The zero-order valence-electron chi connectivity index (χ0n) is 11.2. The summed E-state index contributed by atoms with van der Waals surface area (Å²) < 4.78 is 1.70. The third-order valence-corrected chi connectivity index (χ3v) is 3.13. The van der Waals surface area contributed by atoms with Crippen molar-refractivity contribution < 1.29 is 10.2 Å². The first-order valence-electron chi connectivity index (χ1n) is 6.27. The van der Waals surface area contributed by atoms with Gasteiger partial charge in [-0.05, 0) is 25.5 Å². The zero-order chi connectivity index (χ0) is 13.8. The zero-order valence-corrected chi connectivity index (χ0v) is 11.2. The molecule has 0 spiro atoms. The van der Waals surface area contributed by atoms with Crippen molar-refractivity contribution in [3.05, 3.63) is 41.2 Å². The highest BCUT2D eigenvalue weighted by Gasteiger charge is 2.06. The molecule has 5 heteroatoms. The minimum absolute atomic E-state index is 0.0828. The number of hydrogen-bond donors (Lipinski definition) is 3. The third-order valence-electron chi connectivity index (χ3n) is 3.13. The SMILES string of the molecule is Cc1ccc(NCc2cnn(CCO)c2)c(C)c1O. The van der Waals surface area contributed by atoms with E-state index in [9.17, 15) is 5.11 Å². The van der Waals surface area contributed by atoms with Crippen LogP contribution in [0.25, 0.3) is 0 Å². The van der Waals surface area contributed by atoms with Gasteiger partial charge in [-0.25, -0.2) is 0 Å². The van der Waals surface area contributed by atoms with Crippen LogP contribution < -0.4 is 5.32 Å². The monoisotopic (exact) mass is 261 g/mol. The number of aromatic nitrogens is 2. The highest BCUT2D eigenvalue weighted by Crippen LogP contribution is 2.28. The lowest BCUT2D eigenvalue weighted by atomic mass is 10.1. The first-order valence-corrected chi connectivity index (χ1v) is 6.27. The second-order valence-corrected chi connectivity index (χ2v) is 4.59. The molecule has 1 aromatic carbocycles. The van der Waals surface area contributed by atoms with Crippen molar-refractivity contribution in [1.82, 2.24) is 9.78 Å². The van der Waals surface area contributed by atoms with E-state index in [0.29, 0.717) is 18.8 Å². The van der Waals surface area contributed by atoms with Crippen molar-refractivity contribution in [3.8, 4) is 5.75 Å². The minimum Gasteiger partial charge on any atom is -0.507 e. The van der Waals surface area contributed by atoms with Crippen LogP contribution in [0.2, 0.25) is 0 Å². The van der Waals surface area contributed by atoms with Crippen LogP contribution in [0.5, 0.6) is 5.75 Å². The minimum atomic E-state index is 0.0828. The van der Waals surface area contributed by atoms with Crippen LogP contribution in [0.1, 0.15) is 16.7 Å². The molecule has 0 bridgehead atoms. The number of nitrogens with zero attached hydrogens (tertiary/aromatic N) is 2. The largest absolute Gasteiger partial charge is 0.507 e. The summed E-state index contributed by atoms with van der Waals surface area (Å²) in [4.78, 5) is 0. The maximum absolute atomic E-state index is 9.87. The Morgan fingerprint density at radius 3 is 2.84 bits per heavy atom. The molecule has 3 N–H and O–H groups in total. The molecule has 0 unspecified atom stereocenters. The van der Waals surface area contributed by atoms with E-state index in [1.807, 2.05) is 32.2 Å². The van der Waals surface area contributed by atoms with Gasteiger partial charge >= 0.3 is 0 Å². The number of aliphatic hydroxyl groups excluding tert-OH is 1. The van der Waals surface area contributed by atoms with Gasteiger partial charge in [0.25, 0.3) is 0 Å². The second kappa shape index (κ2) is 5.75. The van der Waals surface area contributed by atoms with Crippen LogP contribution in [-0.2, 0) is 13.1 Å². The van der Waals surface area contributed by atoms with Gasteiger partial charge in [-0.1, -0.05) is 6.07 Å². The topological polar surface area (TPSA) is 70.3 Å². The number of nitrogens with one attached hydrogen (secondary N) is 1. The van der Waals surface area contributed by atoms with Gasteiger partial charge in [0, 0.05) is 29.6 Å². The summed E-state index contributed by atoms with van der Waals surface area (Å²) in [5, 5.41) is 26.1. The maximum atomic E-state index is 9.87. The third kappa shape index (κ3) is 3.06. The molecule has 0 aliphatic carbocycles. The lowest BCUT2D eigenvalue weighted by Gasteiger charge is -2.11. The number of benzene rings is 1. The highest BCUT2D eigenvalue weighted by molar-refractivity contribution is 5.59. The van der Waals surface area contributed by atoms with Crippen LogP contribution in [0.3, 0.4) is 0 Å². The molecule has 19 heavy (non-hydrogen) atoms. The van der Waals surface area contributed by atoms with Gasteiger partial charge in [-0.15, -0.1) is 0 Å². The van der Waals surface area contributed by atoms with E-state index in [0.717, 1.165) is 22.4 Å². The number of phenols is 1. The van der Waals surface area contributed by atoms with Gasteiger partial charge in [0.15, 0.2) is 0 Å². The summed E-state index contributed by atoms with van der Waals surface area (Å²) in [6, 6.07) is 3.85. The van der Waals surface area contributed by atoms with Crippen LogP contribution in [-0.4, -0.2) is 26.6 Å². The van der Waals surface area contributed by atoms with E-state index in [1.54, 1.807) is 10.9 Å². The molecule has 0 atom stereocenters. The van der Waals surface area contributed by atoms with Gasteiger partial charge in [0.2, 0.25) is 0 Å². The molecule has 2 aromatic rings.